The Morgan fingerprint density at radius 1 is 0.219 bits per heavy atom. The van der Waals surface area contributed by atoms with E-state index in [0.717, 1.165) is 87.1 Å². The molecule has 0 N–H and O–H groups in total. The van der Waals surface area contributed by atoms with Gasteiger partial charge in [-0.1, -0.05) is 191 Å². The van der Waals surface area contributed by atoms with Crippen LogP contribution in [0.25, 0.3) is 0 Å². The minimum Gasteiger partial charge on any atom is -0.378 e. The fourth-order valence-electron chi connectivity index (χ4n) is 15.0. The third-order valence-corrected chi connectivity index (χ3v) is 23.4. The van der Waals surface area contributed by atoms with E-state index in [1.54, 1.807) is 0 Å². The predicted molar refractivity (Wildman–Crippen MR) is 449 cm³/mol. The van der Waals surface area contributed by atoms with Gasteiger partial charge in [-0.25, -0.2) is 0 Å². The van der Waals surface area contributed by atoms with Crippen molar-refractivity contribution >= 4 is 63.1 Å². The highest BCUT2D eigenvalue weighted by Crippen LogP contribution is 2.35. The van der Waals surface area contributed by atoms with E-state index in [1.807, 2.05) is 60.7 Å². The second-order valence-corrected chi connectivity index (χ2v) is 32.6. The van der Waals surface area contributed by atoms with Crippen molar-refractivity contribution in [2.24, 2.45) is 29.6 Å². The van der Waals surface area contributed by atoms with Crippen LogP contribution in [0, 0.1) is 29.6 Å². The molecule has 5 nitrogen and oxygen atoms in total. The molecule has 0 unspecified atom stereocenters. The van der Waals surface area contributed by atoms with Crippen molar-refractivity contribution in [3.63, 3.8) is 0 Å². The molecule has 0 aromatic heterocycles. The standard InChI is InChI=1S/5C18H27OS.5FH/c5*1-2-3-14-19-17-10-6-15(7-11-17)4-5-16-8-12-18(20)13-9-16;;;;;/h5*8-9,12-13,15,17H,2-7,10-11,14H2,1H3;5*1H/t5*15-,17-;;;;;. The first-order valence-corrected chi connectivity index (χ1v) is 42.8. The minimum atomic E-state index is 0. The molecule has 0 spiro atoms. The maximum absolute atomic E-state index is 5.94. The average Bonchev–Trinajstić information content (AvgIpc) is 0.996. The SMILES string of the molecule is CCCCO[C@H]1CC[C@H](CCc2ccc([S])cc2)CC1.CCCCO[C@H]1CC[C@H](CCc2ccc([S])cc2)CC1.CCCCO[C@H]1CC[C@H](CCc2ccc([S])cc2)CC1.CCCCO[C@H]1CC[C@H](CCc2ccc([S])cc2)CC1.CCCCO[C@H]1CC[C@H](CCc2ccc([S])cc2)CC1.F.F.F.F.F. The lowest BCUT2D eigenvalue weighted by molar-refractivity contribution is 0.0158. The molecule has 5 aliphatic rings. The summed E-state index contributed by atoms with van der Waals surface area (Å²) in [5.41, 5.74) is 7.15. The summed E-state index contributed by atoms with van der Waals surface area (Å²) in [7, 11) is 0. The van der Waals surface area contributed by atoms with Crippen LogP contribution in [0.2, 0.25) is 0 Å². The number of benzene rings is 5. The number of rotatable bonds is 35. The van der Waals surface area contributed by atoms with Gasteiger partial charge in [-0.2, -0.15) is 0 Å². The first kappa shape index (κ1) is 99.7. The van der Waals surface area contributed by atoms with Crippen molar-refractivity contribution in [1.29, 1.82) is 0 Å². The molecular weight excluding hydrogens is 1420 g/mol. The molecule has 0 atom stereocenters. The summed E-state index contributed by atoms with van der Waals surface area (Å²) < 4.78 is 29.7. The summed E-state index contributed by atoms with van der Waals surface area (Å²) in [5.74, 6) is 4.46. The number of halogens is 5. The molecule has 15 heteroatoms. The maximum atomic E-state index is 5.94. The summed E-state index contributed by atoms with van der Waals surface area (Å²) in [4.78, 5) is 4.72. The molecule has 5 saturated carbocycles. The number of ether oxygens (including phenoxy) is 5. The van der Waals surface area contributed by atoms with Crippen LogP contribution >= 0.6 is 63.1 Å². The largest absolute Gasteiger partial charge is 0.378 e. The van der Waals surface area contributed by atoms with Crippen LogP contribution in [0.5, 0.6) is 0 Å². The molecule has 105 heavy (non-hydrogen) atoms. The molecule has 0 bridgehead atoms. The van der Waals surface area contributed by atoms with Crippen LogP contribution in [-0.4, -0.2) is 63.6 Å². The second kappa shape index (κ2) is 62.3. The number of hydrogen-bond donors (Lipinski definition) is 0. The maximum Gasteiger partial charge on any atom is 0.0575 e. The van der Waals surface area contributed by atoms with Gasteiger partial charge in [0, 0.05) is 57.5 Å². The van der Waals surface area contributed by atoms with Gasteiger partial charge in [-0.05, 0) is 343 Å². The Bertz CT molecular complexity index is 2290. The summed E-state index contributed by atoms with van der Waals surface area (Å²) in [5, 5.41) is 0. The van der Waals surface area contributed by atoms with Gasteiger partial charge in [0.15, 0.2) is 0 Å². The Labute approximate surface area is 664 Å². The molecule has 5 radical (unpaired) electrons. The van der Waals surface area contributed by atoms with Crippen molar-refractivity contribution in [2.45, 2.75) is 346 Å². The predicted octanol–water partition coefficient (Wildman–Crippen LogP) is 28.5. The highest BCUT2D eigenvalue weighted by molar-refractivity contribution is 7.81. The lowest BCUT2D eigenvalue weighted by Gasteiger charge is -2.28. The highest BCUT2D eigenvalue weighted by atomic mass is 32.1. The van der Waals surface area contributed by atoms with Crippen LogP contribution in [0.15, 0.2) is 146 Å². The van der Waals surface area contributed by atoms with E-state index in [9.17, 15) is 0 Å². The fourth-order valence-corrected chi connectivity index (χ4v) is 15.7. The Kier molecular flexibility index (Phi) is 59.1. The summed E-state index contributed by atoms with van der Waals surface area (Å²) in [6.45, 7) is 15.9. The zero-order valence-corrected chi connectivity index (χ0v) is 69.3. The van der Waals surface area contributed by atoms with Crippen molar-refractivity contribution in [1.82, 2.24) is 0 Å². The van der Waals surface area contributed by atoms with E-state index in [-0.39, 0.29) is 23.5 Å². The molecule has 5 aliphatic carbocycles. The monoisotopic (exact) mass is 1560 g/mol. The quantitative estimate of drug-likeness (QED) is 0.0299. The van der Waals surface area contributed by atoms with Crippen LogP contribution in [0.1, 0.15) is 287 Å². The van der Waals surface area contributed by atoms with Gasteiger partial charge < -0.3 is 23.7 Å². The van der Waals surface area contributed by atoms with Gasteiger partial charge in [0.25, 0.3) is 0 Å². The second-order valence-electron chi connectivity index (χ2n) is 30.2. The third kappa shape index (κ3) is 45.5. The molecule has 10 rings (SSSR count). The summed E-state index contributed by atoms with van der Waals surface area (Å²) in [6.07, 6.45) is 53.5. The van der Waals surface area contributed by atoms with Crippen LogP contribution in [0.3, 0.4) is 0 Å². The molecule has 5 aromatic rings. The van der Waals surface area contributed by atoms with Crippen molar-refractivity contribution in [2.75, 3.05) is 33.0 Å². The molecule has 0 heterocycles. The molecule has 0 aliphatic heterocycles. The molecule has 5 aromatic carbocycles. The lowest BCUT2D eigenvalue weighted by atomic mass is 9.84. The number of aryl methyl sites for hydroxylation is 5. The van der Waals surface area contributed by atoms with E-state index >= 15 is 0 Å². The van der Waals surface area contributed by atoms with E-state index < -0.39 is 0 Å². The lowest BCUT2D eigenvalue weighted by Crippen LogP contribution is -2.22. The van der Waals surface area contributed by atoms with Crippen LogP contribution in [0.4, 0.5) is 23.5 Å². The van der Waals surface area contributed by atoms with E-state index in [0.29, 0.717) is 30.5 Å². The molecule has 595 valence electrons. The Morgan fingerprint density at radius 3 is 0.476 bits per heavy atom. The van der Waals surface area contributed by atoms with Gasteiger partial charge in [0.1, 0.15) is 0 Å². The van der Waals surface area contributed by atoms with E-state index in [4.69, 9.17) is 86.8 Å². The zero-order valence-electron chi connectivity index (χ0n) is 65.3. The van der Waals surface area contributed by atoms with Crippen molar-refractivity contribution < 1.29 is 47.2 Å². The zero-order chi connectivity index (χ0) is 71.0. The van der Waals surface area contributed by atoms with Gasteiger partial charge >= 0.3 is 0 Å². The van der Waals surface area contributed by atoms with Crippen LogP contribution < -0.4 is 0 Å². The smallest absolute Gasteiger partial charge is 0.0575 e. The first-order chi connectivity index (χ1) is 48.9. The highest BCUT2D eigenvalue weighted by Gasteiger charge is 2.26. The minimum absolute atomic E-state index is 0. The normalized spacial score (nSPS) is 21.8. The fraction of sp³-hybridized carbons (Fsp3) is 0.667. The average molecular weight is 1560 g/mol. The van der Waals surface area contributed by atoms with Gasteiger partial charge in [0.2, 0.25) is 0 Å². The van der Waals surface area contributed by atoms with E-state index in [2.05, 4.69) is 95.3 Å². The Morgan fingerprint density at radius 2 is 0.352 bits per heavy atom. The summed E-state index contributed by atoms with van der Waals surface area (Å²) >= 11 is 25.6. The third-order valence-electron chi connectivity index (χ3n) is 22.0. The first-order valence-electron chi connectivity index (χ1n) is 40.8. The van der Waals surface area contributed by atoms with E-state index in [1.165, 1.54) is 285 Å². The number of unbranched alkanes of at least 4 members (excludes halogenated alkanes) is 5. The molecule has 0 amide bonds. The Hall–Kier alpha value is -3.35. The molecular formula is C90H140F5O5S5. The molecule has 0 saturated heterocycles. The topological polar surface area (TPSA) is 46.2 Å². The van der Waals surface area contributed by atoms with Gasteiger partial charge in [-0.3, -0.25) is 23.5 Å². The Balaban J connectivity index is 0.000000649. The van der Waals surface area contributed by atoms with Gasteiger partial charge in [0.05, 0.1) is 30.5 Å². The van der Waals surface area contributed by atoms with Crippen molar-refractivity contribution in [3.8, 4) is 0 Å². The van der Waals surface area contributed by atoms with Crippen molar-refractivity contribution in [3.05, 3.63) is 149 Å². The summed E-state index contributed by atoms with van der Waals surface area (Å²) in [6, 6.07) is 42.3. The molecule has 5 fully saturated rings. The number of hydrogen-bond acceptors (Lipinski definition) is 5. The van der Waals surface area contributed by atoms with Crippen LogP contribution in [-0.2, 0) is 55.8 Å². The van der Waals surface area contributed by atoms with Gasteiger partial charge in [-0.15, -0.1) is 0 Å².